The Balaban J connectivity index is 2.02. The molecule has 2 N–H and O–H groups in total. The van der Waals surface area contributed by atoms with Gasteiger partial charge in [-0.2, -0.15) is 4.98 Å². The Morgan fingerprint density at radius 2 is 1.96 bits per heavy atom. The van der Waals surface area contributed by atoms with E-state index in [9.17, 15) is 18.8 Å². The summed E-state index contributed by atoms with van der Waals surface area (Å²) in [6.45, 7) is 2.84. The molecule has 2 aromatic heterocycles. The van der Waals surface area contributed by atoms with E-state index in [-0.39, 0.29) is 23.3 Å². The molecule has 0 amide bonds. The molecule has 128 valence electrons. The first kappa shape index (κ1) is 17.1. The molecule has 0 unspecified atom stereocenters. The fraction of sp³-hybridized carbons (Fsp3) is 0.154. The number of rotatable bonds is 5. The number of aromatic nitrogens is 4. The highest BCUT2D eigenvalue weighted by molar-refractivity contribution is 6.47. The SMILES string of the molecule is CB(O)Oc1nn(B(C)O)c2nc(Oc3ccc(F)cc3F)ncc12. The first-order chi connectivity index (χ1) is 11.8. The maximum atomic E-state index is 13.7. The minimum atomic E-state index is -1.13. The van der Waals surface area contributed by atoms with Crippen molar-refractivity contribution in [3.8, 4) is 17.6 Å². The van der Waals surface area contributed by atoms with E-state index in [0.29, 0.717) is 11.5 Å². The van der Waals surface area contributed by atoms with Crippen LogP contribution in [-0.2, 0) is 0 Å². The Hall–Kier alpha value is -2.72. The minimum Gasteiger partial charge on any atom is -0.521 e. The average molecular weight is 348 g/mol. The highest BCUT2D eigenvalue weighted by Gasteiger charge is 2.22. The second kappa shape index (κ2) is 6.65. The molecule has 0 aliphatic rings. The Morgan fingerprint density at radius 3 is 2.60 bits per heavy atom. The standard InChI is InChI=1S/C13H12B2F2N4O4/c1-14(22)21-11-8(12(20-21)25-15(2)23)6-18-13(19-11)24-10-4-3-7(16)5-9(10)17/h3-6,22-23H,1-2H3. The Kier molecular flexibility index (Phi) is 4.55. The van der Waals surface area contributed by atoms with Crippen LogP contribution < -0.4 is 9.39 Å². The summed E-state index contributed by atoms with van der Waals surface area (Å²) < 4.78 is 38.1. The number of nitrogens with zero attached hydrogens (tertiary/aromatic N) is 4. The monoisotopic (exact) mass is 348 g/mol. The molecule has 2 heterocycles. The first-order valence-corrected chi connectivity index (χ1v) is 7.26. The van der Waals surface area contributed by atoms with E-state index in [2.05, 4.69) is 15.1 Å². The number of benzene rings is 1. The summed E-state index contributed by atoms with van der Waals surface area (Å²) in [5.41, 5.74) is 0.151. The van der Waals surface area contributed by atoms with Gasteiger partial charge in [-0.05, 0) is 25.8 Å². The third-order valence-electron chi connectivity index (χ3n) is 3.12. The third-order valence-corrected chi connectivity index (χ3v) is 3.12. The summed E-state index contributed by atoms with van der Waals surface area (Å²) in [4.78, 5) is 7.98. The molecule has 0 spiro atoms. The summed E-state index contributed by atoms with van der Waals surface area (Å²) in [6, 6.07) is 2.57. The Morgan fingerprint density at radius 1 is 1.20 bits per heavy atom. The molecule has 0 radical (unpaired) electrons. The smallest absolute Gasteiger partial charge is 0.520 e. The predicted molar refractivity (Wildman–Crippen MR) is 85.5 cm³/mol. The van der Waals surface area contributed by atoms with Crippen LogP contribution >= 0.6 is 0 Å². The first-order valence-electron chi connectivity index (χ1n) is 7.26. The van der Waals surface area contributed by atoms with Crippen LogP contribution in [0.2, 0.25) is 13.6 Å². The lowest BCUT2D eigenvalue weighted by Crippen LogP contribution is -2.22. The van der Waals surface area contributed by atoms with Gasteiger partial charge in [-0.1, -0.05) is 0 Å². The molecule has 0 bridgehead atoms. The largest absolute Gasteiger partial charge is 0.521 e. The van der Waals surface area contributed by atoms with Crippen molar-refractivity contribution >= 4 is 25.2 Å². The number of hydrogen-bond donors (Lipinski definition) is 2. The zero-order valence-electron chi connectivity index (χ0n) is 13.2. The van der Waals surface area contributed by atoms with Gasteiger partial charge >= 0.3 is 20.2 Å². The van der Waals surface area contributed by atoms with Crippen LogP contribution in [0.3, 0.4) is 0 Å². The summed E-state index contributed by atoms with van der Waals surface area (Å²) >= 11 is 0. The molecule has 0 saturated carbocycles. The predicted octanol–water partition coefficient (Wildman–Crippen LogP) is 1.34. The average Bonchev–Trinajstić information content (AvgIpc) is 2.88. The van der Waals surface area contributed by atoms with E-state index in [0.717, 1.165) is 16.7 Å². The minimum absolute atomic E-state index is 0.0189. The maximum Gasteiger partial charge on any atom is 0.520 e. The van der Waals surface area contributed by atoms with Crippen LogP contribution in [-0.4, -0.2) is 43.9 Å². The fourth-order valence-corrected chi connectivity index (χ4v) is 2.10. The summed E-state index contributed by atoms with van der Waals surface area (Å²) in [6.07, 6.45) is 1.29. The van der Waals surface area contributed by atoms with Crippen molar-refractivity contribution in [2.45, 2.75) is 13.6 Å². The van der Waals surface area contributed by atoms with Gasteiger partial charge in [-0.15, -0.1) is 5.10 Å². The molecule has 3 aromatic rings. The van der Waals surface area contributed by atoms with Crippen molar-refractivity contribution in [3.63, 3.8) is 0 Å². The van der Waals surface area contributed by atoms with Crippen LogP contribution in [0.25, 0.3) is 11.0 Å². The molecule has 0 saturated heterocycles. The number of halogens is 2. The molecule has 1 aromatic carbocycles. The summed E-state index contributed by atoms with van der Waals surface area (Å²) in [7, 11) is -2.19. The number of fused-ring (bicyclic) bond motifs is 1. The van der Waals surface area contributed by atoms with Gasteiger partial charge < -0.3 is 19.4 Å². The van der Waals surface area contributed by atoms with E-state index in [1.165, 1.54) is 19.8 Å². The van der Waals surface area contributed by atoms with Crippen molar-refractivity contribution in [3.05, 3.63) is 36.0 Å². The van der Waals surface area contributed by atoms with Crippen molar-refractivity contribution < 1.29 is 28.2 Å². The Bertz CT molecular complexity index is 922. The second-order valence-corrected chi connectivity index (χ2v) is 5.17. The second-order valence-electron chi connectivity index (χ2n) is 5.17. The van der Waals surface area contributed by atoms with Crippen LogP contribution in [0.15, 0.2) is 24.4 Å². The van der Waals surface area contributed by atoms with Gasteiger partial charge in [0, 0.05) is 12.3 Å². The van der Waals surface area contributed by atoms with Crippen molar-refractivity contribution in [2.75, 3.05) is 0 Å². The molecule has 8 nitrogen and oxygen atoms in total. The fourth-order valence-electron chi connectivity index (χ4n) is 2.10. The molecule has 0 aliphatic carbocycles. The molecule has 0 fully saturated rings. The zero-order valence-corrected chi connectivity index (χ0v) is 13.2. The van der Waals surface area contributed by atoms with Gasteiger partial charge in [0.05, 0.1) is 5.39 Å². The molecular formula is C13H12B2F2N4O4. The topological polar surface area (TPSA) is 103 Å². The lowest BCUT2D eigenvalue weighted by Gasteiger charge is -2.06. The van der Waals surface area contributed by atoms with Gasteiger partial charge in [-0.25, -0.2) is 13.8 Å². The van der Waals surface area contributed by atoms with Gasteiger partial charge in [-0.3, -0.25) is 4.59 Å². The van der Waals surface area contributed by atoms with Crippen molar-refractivity contribution in [1.29, 1.82) is 0 Å². The molecule has 25 heavy (non-hydrogen) atoms. The van der Waals surface area contributed by atoms with Gasteiger partial charge in [0.25, 0.3) is 0 Å². The maximum absolute atomic E-state index is 13.7. The highest BCUT2D eigenvalue weighted by atomic mass is 19.1. The lowest BCUT2D eigenvalue weighted by atomic mass is 9.89. The zero-order chi connectivity index (χ0) is 18.1. The van der Waals surface area contributed by atoms with E-state index in [1.807, 2.05) is 0 Å². The molecule has 3 rings (SSSR count). The third kappa shape index (κ3) is 3.54. The van der Waals surface area contributed by atoms with Crippen LogP contribution in [0, 0.1) is 11.6 Å². The van der Waals surface area contributed by atoms with Crippen molar-refractivity contribution in [1.82, 2.24) is 19.7 Å². The van der Waals surface area contributed by atoms with Gasteiger partial charge in [0.2, 0.25) is 5.88 Å². The molecule has 0 aliphatic heterocycles. The van der Waals surface area contributed by atoms with E-state index < -0.39 is 25.8 Å². The van der Waals surface area contributed by atoms with E-state index in [4.69, 9.17) is 9.39 Å². The van der Waals surface area contributed by atoms with Crippen LogP contribution in [0.5, 0.6) is 17.6 Å². The molecular weight excluding hydrogens is 336 g/mol. The van der Waals surface area contributed by atoms with Crippen LogP contribution in [0.4, 0.5) is 8.78 Å². The summed E-state index contributed by atoms with van der Waals surface area (Å²) in [5, 5.41) is 23.5. The summed E-state index contributed by atoms with van der Waals surface area (Å²) in [5.74, 6) is -1.89. The van der Waals surface area contributed by atoms with E-state index in [1.54, 1.807) is 0 Å². The molecule has 12 heteroatoms. The number of hydrogen-bond acceptors (Lipinski definition) is 7. The van der Waals surface area contributed by atoms with Crippen LogP contribution in [0.1, 0.15) is 0 Å². The lowest BCUT2D eigenvalue weighted by molar-refractivity contribution is 0.409. The number of ether oxygens (including phenoxy) is 1. The van der Waals surface area contributed by atoms with E-state index >= 15 is 0 Å². The molecule has 0 atom stereocenters. The normalized spacial score (nSPS) is 10.8. The van der Waals surface area contributed by atoms with Crippen molar-refractivity contribution in [2.24, 2.45) is 0 Å². The van der Waals surface area contributed by atoms with Gasteiger partial charge in [0.15, 0.2) is 17.2 Å². The quantitative estimate of drug-likeness (QED) is 0.671. The Labute approximate surface area is 141 Å². The highest BCUT2D eigenvalue weighted by Crippen LogP contribution is 2.27. The van der Waals surface area contributed by atoms with Gasteiger partial charge in [0.1, 0.15) is 5.82 Å².